The summed E-state index contributed by atoms with van der Waals surface area (Å²) in [6, 6.07) is 6.07. The van der Waals surface area contributed by atoms with E-state index in [1.807, 2.05) is 12.1 Å². The van der Waals surface area contributed by atoms with E-state index >= 15 is 0 Å². The Hall–Kier alpha value is -1.39. The molecule has 104 valence electrons. The quantitative estimate of drug-likeness (QED) is 0.872. The maximum atomic E-state index is 11.7. The number of aliphatic hydroxyl groups is 1. The molecule has 4 nitrogen and oxygen atoms in total. The minimum atomic E-state index is -0.484. The molecule has 1 aliphatic rings. The predicted molar refractivity (Wildman–Crippen MR) is 72.8 cm³/mol. The number of rotatable bonds is 4. The molecule has 1 aromatic carbocycles. The highest BCUT2D eigenvalue weighted by molar-refractivity contribution is 5.77. The Morgan fingerprint density at radius 2 is 2.37 bits per heavy atom. The van der Waals surface area contributed by atoms with Crippen molar-refractivity contribution in [2.75, 3.05) is 13.7 Å². The first-order valence-corrected chi connectivity index (χ1v) is 6.71. The summed E-state index contributed by atoms with van der Waals surface area (Å²) in [6.45, 7) is 1.84. The van der Waals surface area contributed by atoms with Gasteiger partial charge in [-0.1, -0.05) is 18.2 Å². The average molecular weight is 263 g/mol. The van der Waals surface area contributed by atoms with Crippen LogP contribution in [-0.4, -0.2) is 24.7 Å². The van der Waals surface area contributed by atoms with Gasteiger partial charge < -0.3 is 15.2 Å². The molecule has 0 aromatic heterocycles. The molecule has 0 saturated heterocycles. The lowest BCUT2D eigenvalue weighted by atomic mass is 9.86. The van der Waals surface area contributed by atoms with Crippen LogP contribution in [-0.2, 0) is 16.0 Å². The minimum Gasteiger partial charge on any atom is -0.389 e. The lowest BCUT2D eigenvalue weighted by molar-refractivity contribution is -0.125. The van der Waals surface area contributed by atoms with Crippen molar-refractivity contribution >= 4 is 5.91 Å². The summed E-state index contributed by atoms with van der Waals surface area (Å²) < 4.78 is 4.84. The van der Waals surface area contributed by atoms with E-state index in [-0.39, 0.29) is 18.6 Å². The normalized spacial score (nSPS) is 19.6. The Kier molecular flexibility index (Phi) is 4.56. The molecule has 0 saturated carbocycles. The van der Waals surface area contributed by atoms with Gasteiger partial charge in [0.05, 0.1) is 12.1 Å². The summed E-state index contributed by atoms with van der Waals surface area (Å²) in [5.74, 6) is -0.0946. The van der Waals surface area contributed by atoms with Crippen LogP contribution in [0.5, 0.6) is 0 Å². The zero-order chi connectivity index (χ0) is 13.8. The van der Waals surface area contributed by atoms with Gasteiger partial charge >= 0.3 is 0 Å². The van der Waals surface area contributed by atoms with E-state index in [2.05, 4.69) is 11.4 Å². The fraction of sp³-hybridized carbons (Fsp3) is 0.533. The van der Waals surface area contributed by atoms with E-state index < -0.39 is 6.10 Å². The van der Waals surface area contributed by atoms with Crippen LogP contribution in [0.3, 0.4) is 0 Å². The molecule has 1 amide bonds. The van der Waals surface area contributed by atoms with Crippen molar-refractivity contribution in [3.63, 3.8) is 0 Å². The Labute approximate surface area is 113 Å². The van der Waals surface area contributed by atoms with Gasteiger partial charge in [0.25, 0.3) is 0 Å². The Bertz CT molecular complexity index is 457. The fourth-order valence-corrected chi connectivity index (χ4v) is 2.59. The molecule has 0 aliphatic heterocycles. The molecular formula is C15H21NO3. The molecule has 4 heteroatoms. The van der Waals surface area contributed by atoms with Gasteiger partial charge in [0, 0.05) is 7.11 Å². The molecule has 0 heterocycles. The van der Waals surface area contributed by atoms with E-state index in [1.54, 1.807) is 6.92 Å². The molecule has 0 fully saturated rings. The van der Waals surface area contributed by atoms with Gasteiger partial charge in [0.1, 0.15) is 6.61 Å². The van der Waals surface area contributed by atoms with Crippen molar-refractivity contribution in [3.8, 4) is 0 Å². The molecule has 2 unspecified atom stereocenters. The fourth-order valence-electron chi connectivity index (χ4n) is 2.59. The molecule has 0 spiro atoms. The number of methoxy groups -OCH3 is 1. The largest absolute Gasteiger partial charge is 0.389 e. The topological polar surface area (TPSA) is 58.6 Å². The van der Waals surface area contributed by atoms with E-state index in [0.29, 0.717) is 0 Å². The molecule has 0 radical (unpaired) electrons. The number of fused-ring (bicyclic) bond motifs is 1. The minimum absolute atomic E-state index is 0.0325. The number of aryl methyl sites for hydroxylation is 1. The van der Waals surface area contributed by atoms with Crippen LogP contribution in [0.4, 0.5) is 0 Å². The number of nitrogens with one attached hydrogen (secondary N) is 1. The summed E-state index contributed by atoms with van der Waals surface area (Å²) in [5, 5.41) is 12.7. The summed E-state index contributed by atoms with van der Waals surface area (Å²) in [4.78, 5) is 11.7. The molecular weight excluding hydrogens is 242 g/mol. The van der Waals surface area contributed by atoms with Gasteiger partial charge in [-0.25, -0.2) is 0 Å². The number of amides is 1. The standard InChI is InChI=1S/C15H21NO3/c1-10(17)12-7-6-11-4-3-5-14(13(11)8-12)16-15(18)9-19-2/h6-8,10,14,17H,3-5,9H2,1-2H3,(H,16,18). The van der Waals surface area contributed by atoms with Crippen LogP contribution in [0.2, 0.25) is 0 Å². The number of hydrogen-bond donors (Lipinski definition) is 2. The lowest BCUT2D eigenvalue weighted by Gasteiger charge is -2.27. The first kappa shape index (κ1) is 14.0. The zero-order valence-electron chi connectivity index (χ0n) is 11.5. The average Bonchev–Trinajstić information content (AvgIpc) is 2.38. The lowest BCUT2D eigenvalue weighted by Crippen LogP contribution is -2.33. The Morgan fingerprint density at radius 1 is 1.58 bits per heavy atom. The highest BCUT2D eigenvalue weighted by Gasteiger charge is 2.22. The number of aliphatic hydroxyl groups excluding tert-OH is 1. The second-order valence-electron chi connectivity index (χ2n) is 5.08. The maximum Gasteiger partial charge on any atom is 0.246 e. The van der Waals surface area contributed by atoms with E-state index in [0.717, 1.165) is 30.4 Å². The molecule has 2 rings (SSSR count). The zero-order valence-corrected chi connectivity index (χ0v) is 11.5. The van der Waals surface area contributed by atoms with E-state index in [9.17, 15) is 9.90 Å². The molecule has 0 bridgehead atoms. The predicted octanol–water partition coefficient (Wildman–Crippen LogP) is 1.88. The summed E-state index contributed by atoms with van der Waals surface area (Å²) in [6.07, 6.45) is 2.55. The highest BCUT2D eigenvalue weighted by Crippen LogP contribution is 2.31. The highest BCUT2D eigenvalue weighted by atomic mass is 16.5. The first-order chi connectivity index (χ1) is 9.11. The number of hydrogen-bond acceptors (Lipinski definition) is 3. The number of ether oxygens (including phenoxy) is 1. The Morgan fingerprint density at radius 3 is 3.05 bits per heavy atom. The van der Waals surface area contributed by atoms with Gasteiger partial charge in [-0.05, 0) is 42.9 Å². The van der Waals surface area contributed by atoms with Crippen LogP contribution in [0, 0.1) is 0 Å². The number of benzene rings is 1. The molecule has 1 aromatic rings. The summed E-state index contributed by atoms with van der Waals surface area (Å²) in [5.41, 5.74) is 3.29. The smallest absolute Gasteiger partial charge is 0.246 e. The van der Waals surface area contributed by atoms with Crippen LogP contribution in [0.1, 0.15) is 48.6 Å². The van der Waals surface area contributed by atoms with Crippen LogP contribution >= 0.6 is 0 Å². The SMILES string of the molecule is COCC(=O)NC1CCCc2ccc(C(C)O)cc21. The van der Waals surface area contributed by atoms with Gasteiger partial charge in [0.2, 0.25) is 5.91 Å². The maximum absolute atomic E-state index is 11.7. The monoisotopic (exact) mass is 263 g/mol. The first-order valence-electron chi connectivity index (χ1n) is 6.71. The van der Waals surface area contributed by atoms with Crippen molar-refractivity contribution in [1.82, 2.24) is 5.32 Å². The Balaban J connectivity index is 2.21. The van der Waals surface area contributed by atoms with Crippen LogP contribution in [0.25, 0.3) is 0 Å². The van der Waals surface area contributed by atoms with Crippen molar-refractivity contribution < 1.29 is 14.6 Å². The summed E-state index contributed by atoms with van der Waals surface area (Å²) >= 11 is 0. The van der Waals surface area contributed by atoms with Gasteiger partial charge in [0.15, 0.2) is 0 Å². The third-order valence-electron chi connectivity index (χ3n) is 3.58. The molecule has 2 atom stereocenters. The van der Waals surface area contributed by atoms with Crippen LogP contribution in [0.15, 0.2) is 18.2 Å². The number of carbonyl (C=O) groups is 1. The van der Waals surface area contributed by atoms with Gasteiger partial charge in [-0.3, -0.25) is 4.79 Å². The van der Waals surface area contributed by atoms with Crippen molar-refractivity contribution in [2.24, 2.45) is 0 Å². The second kappa shape index (κ2) is 6.17. The molecule has 2 N–H and O–H groups in total. The van der Waals surface area contributed by atoms with Crippen molar-refractivity contribution in [2.45, 2.75) is 38.3 Å². The number of carbonyl (C=O) groups excluding carboxylic acids is 1. The van der Waals surface area contributed by atoms with E-state index in [1.165, 1.54) is 12.7 Å². The third-order valence-corrected chi connectivity index (χ3v) is 3.58. The van der Waals surface area contributed by atoms with Gasteiger partial charge in [-0.2, -0.15) is 0 Å². The third kappa shape index (κ3) is 3.33. The molecule has 1 aliphatic carbocycles. The van der Waals surface area contributed by atoms with E-state index in [4.69, 9.17) is 4.74 Å². The summed E-state index contributed by atoms with van der Waals surface area (Å²) in [7, 11) is 1.51. The van der Waals surface area contributed by atoms with Crippen molar-refractivity contribution in [3.05, 3.63) is 34.9 Å². The van der Waals surface area contributed by atoms with Crippen LogP contribution < -0.4 is 5.32 Å². The van der Waals surface area contributed by atoms with Gasteiger partial charge in [-0.15, -0.1) is 0 Å². The van der Waals surface area contributed by atoms with Crippen molar-refractivity contribution in [1.29, 1.82) is 0 Å². The second-order valence-corrected chi connectivity index (χ2v) is 5.08. The molecule has 19 heavy (non-hydrogen) atoms.